The lowest BCUT2D eigenvalue weighted by atomic mass is 9.89. The van der Waals surface area contributed by atoms with Crippen LogP contribution in [-0.4, -0.2) is 27.8 Å². The molecule has 0 aliphatic heterocycles. The second-order valence-corrected chi connectivity index (χ2v) is 4.98. The molecule has 1 aromatic rings. The number of nitrogens with zero attached hydrogens (tertiary/aromatic N) is 2. The molecule has 1 aromatic heterocycles. The third-order valence-corrected chi connectivity index (χ3v) is 3.56. The number of anilines is 1. The van der Waals surface area contributed by atoms with Crippen molar-refractivity contribution in [2.45, 2.75) is 32.1 Å². The van der Waals surface area contributed by atoms with Gasteiger partial charge in [0.25, 0.3) is 0 Å². The summed E-state index contributed by atoms with van der Waals surface area (Å²) in [7, 11) is 0. The second kappa shape index (κ2) is 6.00. The summed E-state index contributed by atoms with van der Waals surface area (Å²) < 4.78 is 0. The standard InChI is InChI=1S/C12H16ClN3O2/c13-11-9(12(17)18)6-10(15-16-11)14-7-8-4-2-1-3-5-8/h6,8H,1-5,7H2,(H,14,15)(H,17,18). The Bertz CT molecular complexity index is 433. The van der Waals surface area contributed by atoms with Crippen LogP contribution >= 0.6 is 11.6 Å². The first-order valence-electron chi connectivity index (χ1n) is 6.17. The van der Waals surface area contributed by atoms with E-state index in [4.69, 9.17) is 16.7 Å². The number of nitrogens with one attached hydrogen (secondary N) is 1. The minimum absolute atomic E-state index is 0.0159. The minimum Gasteiger partial charge on any atom is -0.478 e. The minimum atomic E-state index is -1.09. The van der Waals surface area contributed by atoms with Crippen molar-refractivity contribution in [1.29, 1.82) is 0 Å². The molecule has 2 rings (SSSR count). The quantitative estimate of drug-likeness (QED) is 0.879. The van der Waals surface area contributed by atoms with E-state index in [-0.39, 0.29) is 10.7 Å². The summed E-state index contributed by atoms with van der Waals surface area (Å²) in [6, 6.07) is 1.43. The fourth-order valence-corrected chi connectivity index (χ4v) is 2.43. The normalized spacial score (nSPS) is 16.5. The van der Waals surface area contributed by atoms with E-state index in [0.717, 1.165) is 6.54 Å². The van der Waals surface area contributed by atoms with Crippen molar-refractivity contribution < 1.29 is 9.90 Å². The van der Waals surface area contributed by atoms with Crippen LogP contribution in [0.2, 0.25) is 5.15 Å². The van der Waals surface area contributed by atoms with Crippen LogP contribution < -0.4 is 5.32 Å². The summed E-state index contributed by atoms with van der Waals surface area (Å²) in [5.41, 5.74) is -0.0159. The molecule has 2 N–H and O–H groups in total. The highest BCUT2D eigenvalue weighted by Gasteiger charge is 2.15. The number of hydrogen-bond acceptors (Lipinski definition) is 4. The van der Waals surface area contributed by atoms with E-state index in [1.165, 1.54) is 38.2 Å². The summed E-state index contributed by atoms with van der Waals surface area (Å²) in [6.45, 7) is 0.815. The largest absolute Gasteiger partial charge is 0.478 e. The molecule has 0 bridgehead atoms. The van der Waals surface area contributed by atoms with Gasteiger partial charge in [-0.05, 0) is 18.8 Å². The monoisotopic (exact) mass is 269 g/mol. The summed E-state index contributed by atoms with van der Waals surface area (Å²) in [5, 5.41) is 19.5. The fourth-order valence-electron chi connectivity index (χ4n) is 2.25. The SMILES string of the molecule is O=C(O)c1cc(NCC2CCCCC2)nnc1Cl. The van der Waals surface area contributed by atoms with Crippen molar-refractivity contribution in [3.63, 3.8) is 0 Å². The number of hydrogen-bond donors (Lipinski definition) is 2. The second-order valence-electron chi connectivity index (χ2n) is 4.62. The molecule has 0 spiro atoms. The van der Waals surface area contributed by atoms with Crippen molar-refractivity contribution in [3.05, 3.63) is 16.8 Å². The summed E-state index contributed by atoms with van der Waals surface area (Å²) in [6.07, 6.45) is 6.32. The molecule has 6 heteroatoms. The van der Waals surface area contributed by atoms with Crippen molar-refractivity contribution >= 4 is 23.4 Å². The van der Waals surface area contributed by atoms with Crippen molar-refractivity contribution in [2.24, 2.45) is 5.92 Å². The van der Waals surface area contributed by atoms with Gasteiger partial charge < -0.3 is 10.4 Å². The van der Waals surface area contributed by atoms with Gasteiger partial charge in [0.05, 0.1) is 0 Å². The summed E-state index contributed by atoms with van der Waals surface area (Å²) in [4.78, 5) is 10.9. The Morgan fingerprint density at radius 2 is 2.11 bits per heavy atom. The molecular formula is C12H16ClN3O2. The molecule has 5 nitrogen and oxygen atoms in total. The molecule has 18 heavy (non-hydrogen) atoms. The first-order chi connectivity index (χ1) is 8.66. The Morgan fingerprint density at radius 1 is 1.39 bits per heavy atom. The molecule has 0 radical (unpaired) electrons. The van der Waals surface area contributed by atoms with Gasteiger partial charge in [0.15, 0.2) is 5.15 Å². The summed E-state index contributed by atoms with van der Waals surface area (Å²) >= 11 is 5.66. The molecule has 0 amide bonds. The number of halogens is 1. The third kappa shape index (κ3) is 3.32. The zero-order chi connectivity index (χ0) is 13.0. The lowest BCUT2D eigenvalue weighted by Crippen LogP contribution is -2.18. The van der Waals surface area contributed by atoms with E-state index in [2.05, 4.69) is 15.5 Å². The molecule has 1 saturated carbocycles. The van der Waals surface area contributed by atoms with Gasteiger partial charge >= 0.3 is 5.97 Å². The average molecular weight is 270 g/mol. The molecule has 98 valence electrons. The Hall–Kier alpha value is -1.36. The Morgan fingerprint density at radius 3 is 2.78 bits per heavy atom. The maximum absolute atomic E-state index is 10.9. The van der Waals surface area contributed by atoms with Crippen LogP contribution in [0.25, 0.3) is 0 Å². The van der Waals surface area contributed by atoms with Crippen LogP contribution in [0.15, 0.2) is 6.07 Å². The van der Waals surface area contributed by atoms with E-state index >= 15 is 0 Å². The number of carboxylic acids is 1. The zero-order valence-corrected chi connectivity index (χ0v) is 10.8. The average Bonchev–Trinajstić information content (AvgIpc) is 2.38. The molecule has 0 unspecified atom stereocenters. The fraction of sp³-hybridized carbons (Fsp3) is 0.583. The van der Waals surface area contributed by atoms with Gasteiger partial charge in [0.1, 0.15) is 11.4 Å². The van der Waals surface area contributed by atoms with Gasteiger partial charge in [-0.25, -0.2) is 4.79 Å². The van der Waals surface area contributed by atoms with Crippen molar-refractivity contribution in [2.75, 3.05) is 11.9 Å². The van der Waals surface area contributed by atoms with E-state index in [0.29, 0.717) is 11.7 Å². The molecule has 1 heterocycles. The van der Waals surface area contributed by atoms with E-state index in [1.807, 2.05) is 0 Å². The van der Waals surface area contributed by atoms with Crippen LogP contribution in [0.3, 0.4) is 0 Å². The van der Waals surface area contributed by atoms with Gasteiger partial charge in [-0.1, -0.05) is 30.9 Å². The van der Waals surface area contributed by atoms with Crippen molar-refractivity contribution in [1.82, 2.24) is 10.2 Å². The number of aromatic nitrogens is 2. The first kappa shape index (κ1) is 13.1. The highest BCUT2D eigenvalue weighted by atomic mass is 35.5. The van der Waals surface area contributed by atoms with Crippen molar-refractivity contribution in [3.8, 4) is 0 Å². The zero-order valence-electron chi connectivity index (χ0n) is 10.0. The maximum atomic E-state index is 10.9. The Balaban J connectivity index is 1.96. The number of rotatable bonds is 4. The predicted octanol–water partition coefficient (Wildman–Crippen LogP) is 2.82. The van der Waals surface area contributed by atoms with Crippen LogP contribution in [0.4, 0.5) is 5.82 Å². The molecular weight excluding hydrogens is 254 g/mol. The smallest absolute Gasteiger partial charge is 0.339 e. The van der Waals surface area contributed by atoms with Gasteiger partial charge in [-0.2, -0.15) is 0 Å². The van der Waals surface area contributed by atoms with Crippen LogP contribution in [0.5, 0.6) is 0 Å². The highest BCUT2D eigenvalue weighted by molar-refractivity contribution is 6.32. The summed E-state index contributed by atoms with van der Waals surface area (Å²) in [5.74, 6) is 0.0301. The Kier molecular flexibility index (Phi) is 4.36. The van der Waals surface area contributed by atoms with Gasteiger partial charge in [0.2, 0.25) is 0 Å². The lowest BCUT2D eigenvalue weighted by molar-refractivity contribution is 0.0696. The van der Waals surface area contributed by atoms with E-state index < -0.39 is 5.97 Å². The van der Waals surface area contributed by atoms with E-state index in [1.54, 1.807) is 0 Å². The van der Waals surface area contributed by atoms with Crippen LogP contribution in [0, 0.1) is 5.92 Å². The number of carboxylic acid groups (broad SMARTS) is 1. The molecule has 0 saturated heterocycles. The maximum Gasteiger partial charge on any atom is 0.339 e. The molecule has 0 atom stereocenters. The number of aromatic carboxylic acids is 1. The lowest BCUT2D eigenvalue weighted by Gasteiger charge is -2.21. The molecule has 1 aliphatic rings. The molecule has 1 aliphatic carbocycles. The van der Waals surface area contributed by atoms with Crippen LogP contribution in [-0.2, 0) is 0 Å². The van der Waals surface area contributed by atoms with Gasteiger partial charge in [-0.15, -0.1) is 10.2 Å². The first-order valence-corrected chi connectivity index (χ1v) is 6.55. The molecule has 0 aromatic carbocycles. The third-order valence-electron chi connectivity index (χ3n) is 3.28. The van der Waals surface area contributed by atoms with Gasteiger partial charge in [-0.3, -0.25) is 0 Å². The highest BCUT2D eigenvalue weighted by Crippen LogP contribution is 2.24. The predicted molar refractivity (Wildman–Crippen MR) is 69.1 cm³/mol. The number of carbonyl (C=O) groups is 1. The van der Waals surface area contributed by atoms with E-state index in [9.17, 15) is 4.79 Å². The molecule has 1 fully saturated rings. The Labute approximate surface area is 111 Å². The van der Waals surface area contributed by atoms with Crippen LogP contribution in [0.1, 0.15) is 42.5 Å². The van der Waals surface area contributed by atoms with Gasteiger partial charge in [0, 0.05) is 12.6 Å². The topological polar surface area (TPSA) is 75.1 Å².